The number of rotatable bonds is 13. The molecule has 6 rings (SSSR count). The summed E-state index contributed by atoms with van der Waals surface area (Å²) in [6.45, 7) is 5.21. The molecule has 2 fully saturated rings. The van der Waals surface area contributed by atoms with E-state index in [1.807, 2.05) is 74.5 Å². The van der Waals surface area contributed by atoms with Crippen LogP contribution in [0, 0.1) is 17.8 Å². The number of likely N-dealkylation sites (N-methyl/N-ethyl adjacent to an activating group) is 1. The van der Waals surface area contributed by atoms with E-state index in [1.54, 1.807) is 48.4 Å². The summed E-state index contributed by atoms with van der Waals surface area (Å²) in [5.74, 6) is -0.748. The first-order chi connectivity index (χ1) is 25.6. The molecule has 11 nitrogen and oxygen atoms in total. The van der Waals surface area contributed by atoms with E-state index in [1.165, 1.54) is 0 Å². The highest BCUT2D eigenvalue weighted by Gasteiger charge is 2.48. The second kappa shape index (κ2) is 16.9. The highest BCUT2D eigenvalue weighted by atomic mass is 16.5. The van der Waals surface area contributed by atoms with E-state index < -0.39 is 12.0 Å². The van der Waals surface area contributed by atoms with Crippen LogP contribution < -0.4 is 20.1 Å². The fraction of sp³-hybridized carbons (Fsp3) is 0.405. The molecule has 4 aromatic rings. The van der Waals surface area contributed by atoms with Gasteiger partial charge in [0.15, 0.2) is 11.5 Å². The molecular weight excluding hydrogens is 670 g/mol. The van der Waals surface area contributed by atoms with Crippen molar-refractivity contribution in [3.63, 3.8) is 0 Å². The maximum absolute atomic E-state index is 14.3. The number of ether oxygens (including phenoxy) is 2. The van der Waals surface area contributed by atoms with Crippen molar-refractivity contribution >= 4 is 34.5 Å². The van der Waals surface area contributed by atoms with Crippen LogP contribution in [0.4, 0.5) is 0 Å². The van der Waals surface area contributed by atoms with Crippen molar-refractivity contribution in [2.45, 2.75) is 51.7 Å². The molecule has 0 spiro atoms. The van der Waals surface area contributed by atoms with E-state index in [0.717, 1.165) is 28.5 Å². The highest BCUT2D eigenvalue weighted by Crippen LogP contribution is 2.37. The topological polar surface area (TPSA) is 130 Å². The molecular formula is C42H49N5O6. The molecule has 2 aliphatic heterocycles. The zero-order valence-electron chi connectivity index (χ0n) is 30.9. The number of aryl methyl sites for hydroxylation is 1. The molecule has 2 saturated heterocycles. The quantitative estimate of drug-likeness (QED) is 0.206. The second-order valence-electron chi connectivity index (χ2n) is 14.3. The Kier molecular flexibility index (Phi) is 11.9. The number of nitrogens with one attached hydrogen (secondary N) is 2. The van der Waals surface area contributed by atoms with E-state index in [4.69, 9.17) is 9.47 Å². The predicted molar refractivity (Wildman–Crippen MR) is 203 cm³/mol. The molecule has 0 saturated carbocycles. The van der Waals surface area contributed by atoms with E-state index in [0.29, 0.717) is 49.5 Å². The van der Waals surface area contributed by atoms with Crippen LogP contribution in [0.1, 0.15) is 48.2 Å². The summed E-state index contributed by atoms with van der Waals surface area (Å²) in [5.41, 5.74) is 3.33. The number of benzene rings is 3. The van der Waals surface area contributed by atoms with Gasteiger partial charge in [0.25, 0.3) is 5.91 Å². The van der Waals surface area contributed by atoms with Crippen molar-refractivity contribution in [3.05, 3.63) is 102 Å². The molecule has 2 aliphatic rings. The fourth-order valence-corrected chi connectivity index (χ4v) is 7.66. The Labute approximate surface area is 311 Å². The number of piperidine rings is 1. The Bertz CT molecular complexity index is 1930. The Balaban J connectivity index is 1.21. The molecule has 0 radical (unpaired) electrons. The average molecular weight is 720 g/mol. The standard InChI is InChI=1S/C42H49N5O6/c1-27(2)53-37-18-16-31(22-38(37)52-4)42(51)47-24-32-23-46(39(48)21-29-15-17-35-30(20-29)13-9-19-44-35)26-34(33(32)25-47)40(49)45-36(41(50)43-3)14-8-12-28-10-6-5-7-11-28/h5-7,9-11,13,15-20,22,27,32-34,36H,8,12,14,21,23-26H2,1-4H3,(H,43,50)(H,45,49)/t32?,33?,34?,36-/m0/s1. The van der Waals surface area contributed by atoms with Gasteiger partial charge in [-0.1, -0.05) is 42.5 Å². The van der Waals surface area contributed by atoms with Gasteiger partial charge in [0.05, 0.1) is 31.1 Å². The number of likely N-dealkylation sites (tertiary alicyclic amines) is 2. The Morgan fingerprint density at radius 1 is 0.868 bits per heavy atom. The molecule has 278 valence electrons. The van der Waals surface area contributed by atoms with Crippen LogP contribution in [0.3, 0.4) is 0 Å². The van der Waals surface area contributed by atoms with Crippen molar-refractivity contribution < 1.29 is 28.7 Å². The summed E-state index contributed by atoms with van der Waals surface area (Å²) in [6.07, 6.45) is 3.79. The van der Waals surface area contributed by atoms with Crippen molar-refractivity contribution in [1.82, 2.24) is 25.4 Å². The molecule has 53 heavy (non-hydrogen) atoms. The molecule has 11 heteroatoms. The monoisotopic (exact) mass is 719 g/mol. The largest absolute Gasteiger partial charge is 0.493 e. The lowest BCUT2D eigenvalue weighted by atomic mass is 9.79. The summed E-state index contributed by atoms with van der Waals surface area (Å²) >= 11 is 0. The van der Waals surface area contributed by atoms with E-state index in [2.05, 4.69) is 15.6 Å². The van der Waals surface area contributed by atoms with Gasteiger partial charge in [0.1, 0.15) is 6.04 Å². The van der Waals surface area contributed by atoms with Crippen LogP contribution in [-0.2, 0) is 27.2 Å². The molecule has 0 aliphatic carbocycles. The maximum atomic E-state index is 14.3. The number of amides is 4. The summed E-state index contributed by atoms with van der Waals surface area (Å²) < 4.78 is 11.4. The number of aromatic nitrogens is 1. The fourth-order valence-electron chi connectivity index (χ4n) is 7.66. The number of nitrogens with zero attached hydrogens (tertiary/aromatic N) is 3. The van der Waals surface area contributed by atoms with Crippen molar-refractivity contribution in [2.75, 3.05) is 40.3 Å². The molecule has 1 aromatic heterocycles. The number of hydrogen-bond donors (Lipinski definition) is 2. The third kappa shape index (κ3) is 8.96. The Morgan fingerprint density at radius 3 is 2.42 bits per heavy atom. The first-order valence-electron chi connectivity index (χ1n) is 18.4. The van der Waals surface area contributed by atoms with Gasteiger partial charge in [-0.15, -0.1) is 0 Å². The van der Waals surface area contributed by atoms with E-state index in [-0.39, 0.29) is 54.5 Å². The molecule has 3 heterocycles. The van der Waals surface area contributed by atoms with Gasteiger partial charge in [0, 0.05) is 50.4 Å². The van der Waals surface area contributed by atoms with Gasteiger partial charge in [-0.05, 0) is 92.5 Å². The lowest BCUT2D eigenvalue weighted by Crippen LogP contribution is -2.56. The number of pyridine rings is 1. The highest BCUT2D eigenvalue weighted by molar-refractivity contribution is 5.95. The van der Waals surface area contributed by atoms with Crippen molar-refractivity contribution in [1.29, 1.82) is 0 Å². The van der Waals surface area contributed by atoms with Gasteiger partial charge in [0.2, 0.25) is 17.7 Å². The lowest BCUT2D eigenvalue weighted by molar-refractivity contribution is -0.140. The van der Waals surface area contributed by atoms with E-state index >= 15 is 0 Å². The van der Waals surface area contributed by atoms with Crippen molar-refractivity contribution in [3.8, 4) is 11.5 Å². The molecule has 3 unspecified atom stereocenters. The zero-order chi connectivity index (χ0) is 37.5. The van der Waals surface area contributed by atoms with Crippen LogP contribution in [-0.4, -0.2) is 90.9 Å². The third-order valence-corrected chi connectivity index (χ3v) is 10.3. The zero-order valence-corrected chi connectivity index (χ0v) is 30.9. The van der Waals surface area contributed by atoms with Gasteiger partial charge >= 0.3 is 0 Å². The normalized spacial score (nSPS) is 18.7. The number of carbonyl (C=O) groups excluding carboxylic acids is 4. The van der Waals surface area contributed by atoms with Gasteiger partial charge in [-0.3, -0.25) is 24.2 Å². The number of hydrogen-bond acceptors (Lipinski definition) is 7. The minimum atomic E-state index is -0.731. The summed E-state index contributed by atoms with van der Waals surface area (Å²) in [7, 11) is 3.11. The van der Waals surface area contributed by atoms with Crippen LogP contribution >= 0.6 is 0 Å². The summed E-state index contributed by atoms with van der Waals surface area (Å²) in [5, 5.41) is 6.70. The molecule has 4 amide bonds. The Hall–Kier alpha value is -5.45. The lowest BCUT2D eigenvalue weighted by Gasteiger charge is -2.40. The van der Waals surface area contributed by atoms with Gasteiger partial charge in [-0.2, -0.15) is 0 Å². The minimum absolute atomic E-state index is 0.0639. The SMILES string of the molecule is CNC(=O)[C@H](CCCc1ccccc1)NC(=O)C1CN(C(=O)Cc2ccc3ncccc3c2)CC2CN(C(=O)c3ccc(OC(C)C)c(OC)c3)CC21. The predicted octanol–water partition coefficient (Wildman–Crippen LogP) is 4.67. The molecule has 0 bridgehead atoms. The summed E-state index contributed by atoms with van der Waals surface area (Å²) in [6, 6.07) is 24.1. The average Bonchev–Trinajstić information content (AvgIpc) is 3.61. The van der Waals surface area contributed by atoms with Crippen LogP contribution in [0.2, 0.25) is 0 Å². The molecule has 4 atom stereocenters. The Morgan fingerprint density at radius 2 is 1.66 bits per heavy atom. The smallest absolute Gasteiger partial charge is 0.254 e. The summed E-state index contributed by atoms with van der Waals surface area (Å²) in [4.78, 5) is 63.1. The van der Waals surface area contributed by atoms with Crippen LogP contribution in [0.15, 0.2) is 85.1 Å². The number of carbonyl (C=O) groups is 4. The van der Waals surface area contributed by atoms with Gasteiger partial charge in [-0.25, -0.2) is 0 Å². The van der Waals surface area contributed by atoms with Crippen LogP contribution in [0.5, 0.6) is 11.5 Å². The first-order valence-corrected chi connectivity index (χ1v) is 18.4. The van der Waals surface area contributed by atoms with Gasteiger partial charge < -0.3 is 29.9 Å². The first kappa shape index (κ1) is 37.3. The second-order valence-corrected chi connectivity index (χ2v) is 14.3. The maximum Gasteiger partial charge on any atom is 0.254 e. The van der Waals surface area contributed by atoms with Crippen molar-refractivity contribution in [2.24, 2.45) is 17.8 Å². The van der Waals surface area contributed by atoms with E-state index in [9.17, 15) is 19.2 Å². The number of fused-ring (bicyclic) bond motifs is 2. The molecule has 3 aromatic carbocycles. The molecule has 2 N–H and O–H groups in total. The number of methoxy groups -OCH3 is 1. The third-order valence-electron chi connectivity index (χ3n) is 10.3. The minimum Gasteiger partial charge on any atom is -0.493 e. The van der Waals surface area contributed by atoms with Crippen LogP contribution in [0.25, 0.3) is 10.9 Å².